The smallest absolute Gasteiger partial charge is 0.109 e. The average Bonchev–Trinajstić information content (AvgIpc) is 2.18. The summed E-state index contributed by atoms with van der Waals surface area (Å²) in [5.74, 6) is 1.02. The molecule has 2 nitrogen and oxygen atoms in total. The number of hydrogen-bond donors (Lipinski definition) is 0. The van der Waals surface area contributed by atoms with Crippen molar-refractivity contribution in [2.24, 2.45) is 0 Å². The van der Waals surface area contributed by atoms with Crippen molar-refractivity contribution in [2.45, 2.75) is 13.8 Å². The SMILES string of the molecule is CC=Cn1ccnc1C. The molecule has 0 fully saturated rings. The van der Waals surface area contributed by atoms with Gasteiger partial charge in [-0.1, -0.05) is 6.08 Å². The van der Waals surface area contributed by atoms with Gasteiger partial charge in [0.25, 0.3) is 0 Å². The topological polar surface area (TPSA) is 17.8 Å². The first-order valence-corrected chi connectivity index (χ1v) is 2.97. The standard InChI is InChI=1S/C7H10N2/c1-3-5-9-6-4-8-7(9)2/h3-6H,1-2H3. The van der Waals surface area contributed by atoms with Gasteiger partial charge in [-0.25, -0.2) is 4.98 Å². The molecular formula is C7H10N2. The van der Waals surface area contributed by atoms with Gasteiger partial charge in [-0.15, -0.1) is 0 Å². The lowest BCUT2D eigenvalue weighted by Gasteiger charge is -1.91. The van der Waals surface area contributed by atoms with Gasteiger partial charge in [0.1, 0.15) is 5.82 Å². The Balaban J connectivity index is 2.94. The maximum absolute atomic E-state index is 4.05. The Morgan fingerprint density at radius 2 is 2.44 bits per heavy atom. The van der Waals surface area contributed by atoms with Crippen LogP contribution in [0, 0.1) is 6.92 Å². The molecule has 0 aliphatic rings. The lowest BCUT2D eigenvalue weighted by atomic mass is 10.6. The lowest BCUT2D eigenvalue weighted by molar-refractivity contribution is 1.03. The van der Waals surface area contributed by atoms with Crippen molar-refractivity contribution in [1.82, 2.24) is 9.55 Å². The van der Waals surface area contributed by atoms with Crippen molar-refractivity contribution in [3.8, 4) is 0 Å². The molecule has 0 saturated heterocycles. The summed E-state index contributed by atoms with van der Waals surface area (Å²) in [5, 5.41) is 0. The Labute approximate surface area is 54.8 Å². The van der Waals surface area contributed by atoms with Crippen LogP contribution in [0.5, 0.6) is 0 Å². The van der Waals surface area contributed by atoms with Crippen molar-refractivity contribution in [2.75, 3.05) is 0 Å². The van der Waals surface area contributed by atoms with Crippen LogP contribution in [0.15, 0.2) is 18.5 Å². The van der Waals surface area contributed by atoms with Crippen molar-refractivity contribution in [3.63, 3.8) is 0 Å². The monoisotopic (exact) mass is 122 g/mol. The zero-order valence-corrected chi connectivity index (χ0v) is 5.70. The normalized spacial score (nSPS) is 10.9. The summed E-state index contributed by atoms with van der Waals surface area (Å²) in [7, 11) is 0. The largest absolute Gasteiger partial charge is 0.311 e. The Hall–Kier alpha value is -1.05. The maximum Gasteiger partial charge on any atom is 0.109 e. The number of hydrogen-bond acceptors (Lipinski definition) is 1. The molecule has 0 aliphatic carbocycles. The summed E-state index contributed by atoms with van der Waals surface area (Å²) < 4.78 is 1.97. The Morgan fingerprint density at radius 3 is 2.89 bits per heavy atom. The third-order valence-electron chi connectivity index (χ3n) is 1.17. The number of allylic oxidation sites excluding steroid dienone is 1. The predicted octanol–water partition coefficient (Wildman–Crippen LogP) is 1.68. The van der Waals surface area contributed by atoms with Crippen LogP contribution in [-0.2, 0) is 0 Å². The molecule has 0 bridgehead atoms. The molecule has 0 spiro atoms. The minimum atomic E-state index is 1.02. The third kappa shape index (κ3) is 1.19. The van der Waals surface area contributed by atoms with Gasteiger partial charge in [0.05, 0.1) is 0 Å². The predicted molar refractivity (Wildman–Crippen MR) is 38.0 cm³/mol. The van der Waals surface area contributed by atoms with Gasteiger partial charge in [0.15, 0.2) is 0 Å². The quantitative estimate of drug-likeness (QED) is 0.554. The molecule has 9 heavy (non-hydrogen) atoms. The van der Waals surface area contributed by atoms with E-state index < -0.39 is 0 Å². The molecule has 1 aromatic heterocycles. The molecule has 0 aliphatic heterocycles. The van der Waals surface area contributed by atoms with E-state index in [1.54, 1.807) is 6.20 Å². The van der Waals surface area contributed by atoms with E-state index in [2.05, 4.69) is 4.98 Å². The molecule has 1 aromatic rings. The minimum absolute atomic E-state index is 1.02. The second kappa shape index (κ2) is 2.49. The van der Waals surface area contributed by atoms with Gasteiger partial charge in [-0.2, -0.15) is 0 Å². The highest BCUT2D eigenvalue weighted by molar-refractivity contribution is 5.22. The summed E-state index contributed by atoms with van der Waals surface area (Å²) >= 11 is 0. The van der Waals surface area contributed by atoms with Gasteiger partial charge < -0.3 is 4.57 Å². The van der Waals surface area contributed by atoms with E-state index in [4.69, 9.17) is 0 Å². The number of aryl methyl sites for hydroxylation is 1. The Kier molecular flexibility index (Phi) is 1.68. The first kappa shape index (κ1) is 6.08. The Morgan fingerprint density at radius 1 is 1.67 bits per heavy atom. The summed E-state index contributed by atoms with van der Waals surface area (Å²) in [6.07, 6.45) is 7.67. The summed E-state index contributed by atoms with van der Waals surface area (Å²) in [5.41, 5.74) is 0. The number of imidazole rings is 1. The fourth-order valence-electron chi connectivity index (χ4n) is 0.706. The van der Waals surface area contributed by atoms with Crippen LogP contribution in [-0.4, -0.2) is 9.55 Å². The van der Waals surface area contributed by atoms with Crippen molar-refractivity contribution in [3.05, 3.63) is 24.3 Å². The van der Waals surface area contributed by atoms with E-state index in [0.29, 0.717) is 0 Å². The molecule has 0 N–H and O–H groups in total. The van der Waals surface area contributed by atoms with Crippen LogP contribution in [0.25, 0.3) is 6.20 Å². The molecule has 0 unspecified atom stereocenters. The molecule has 0 amide bonds. The zero-order valence-electron chi connectivity index (χ0n) is 5.70. The van der Waals surface area contributed by atoms with Gasteiger partial charge in [-0.05, 0) is 13.8 Å². The number of nitrogens with zero attached hydrogens (tertiary/aromatic N) is 2. The number of rotatable bonds is 1. The van der Waals surface area contributed by atoms with E-state index >= 15 is 0 Å². The Bertz CT molecular complexity index is 210. The van der Waals surface area contributed by atoms with Crippen LogP contribution in [0.2, 0.25) is 0 Å². The van der Waals surface area contributed by atoms with Crippen LogP contribution < -0.4 is 0 Å². The first-order valence-electron chi connectivity index (χ1n) is 2.97. The lowest BCUT2D eigenvalue weighted by Crippen LogP contribution is -1.85. The van der Waals surface area contributed by atoms with E-state index in [1.165, 1.54) is 0 Å². The van der Waals surface area contributed by atoms with Gasteiger partial charge >= 0.3 is 0 Å². The maximum atomic E-state index is 4.05. The second-order valence-corrected chi connectivity index (χ2v) is 1.86. The second-order valence-electron chi connectivity index (χ2n) is 1.86. The van der Waals surface area contributed by atoms with Gasteiger partial charge in [0.2, 0.25) is 0 Å². The molecule has 1 rings (SSSR count). The van der Waals surface area contributed by atoms with Crippen LogP contribution in [0.1, 0.15) is 12.7 Å². The first-order chi connectivity index (χ1) is 4.34. The van der Waals surface area contributed by atoms with E-state index in [-0.39, 0.29) is 0 Å². The summed E-state index contributed by atoms with van der Waals surface area (Å²) in [6.45, 7) is 3.96. The molecule has 0 aromatic carbocycles. The molecule has 0 atom stereocenters. The molecule has 48 valence electrons. The fraction of sp³-hybridized carbons (Fsp3) is 0.286. The number of aromatic nitrogens is 2. The highest BCUT2D eigenvalue weighted by Gasteiger charge is 1.87. The van der Waals surface area contributed by atoms with E-state index in [9.17, 15) is 0 Å². The molecule has 2 heteroatoms. The average molecular weight is 122 g/mol. The van der Waals surface area contributed by atoms with Crippen LogP contribution >= 0.6 is 0 Å². The zero-order chi connectivity index (χ0) is 6.69. The third-order valence-corrected chi connectivity index (χ3v) is 1.17. The molecule has 0 radical (unpaired) electrons. The summed E-state index contributed by atoms with van der Waals surface area (Å²) in [4.78, 5) is 4.05. The van der Waals surface area contributed by atoms with Crippen LogP contribution in [0.3, 0.4) is 0 Å². The fourth-order valence-corrected chi connectivity index (χ4v) is 0.706. The summed E-state index contributed by atoms with van der Waals surface area (Å²) in [6, 6.07) is 0. The highest BCUT2D eigenvalue weighted by Crippen LogP contribution is 1.94. The van der Waals surface area contributed by atoms with Gasteiger partial charge in [-0.3, -0.25) is 0 Å². The van der Waals surface area contributed by atoms with Crippen molar-refractivity contribution < 1.29 is 0 Å². The minimum Gasteiger partial charge on any atom is -0.311 e. The molecule has 0 saturated carbocycles. The van der Waals surface area contributed by atoms with Gasteiger partial charge in [0, 0.05) is 18.6 Å². The van der Waals surface area contributed by atoms with Crippen LogP contribution in [0.4, 0.5) is 0 Å². The molecular weight excluding hydrogens is 112 g/mol. The molecule has 1 heterocycles. The highest BCUT2D eigenvalue weighted by atomic mass is 15.0. The van der Waals surface area contributed by atoms with Crippen molar-refractivity contribution >= 4 is 6.20 Å². The van der Waals surface area contributed by atoms with E-state index in [1.807, 2.05) is 36.9 Å². The van der Waals surface area contributed by atoms with E-state index in [0.717, 1.165) is 5.82 Å². The van der Waals surface area contributed by atoms with Crippen molar-refractivity contribution in [1.29, 1.82) is 0 Å².